The van der Waals surface area contributed by atoms with Crippen LogP contribution in [0.5, 0.6) is 0 Å². The van der Waals surface area contributed by atoms with E-state index in [-0.39, 0.29) is 5.91 Å². The maximum absolute atomic E-state index is 12.3. The smallest absolute Gasteiger partial charge is 0.274 e. The first-order chi connectivity index (χ1) is 11.7. The Bertz CT molecular complexity index is 679. The number of anilines is 2. The molecule has 0 radical (unpaired) electrons. The summed E-state index contributed by atoms with van der Waals surface area (Å²) in [6.07, 6.45) is 9.36. The van der Waals surface area contributed by atoms with Gasteiger partial charge in [0.05, 0.1) is 22.6 Å². The number of benzene rings is 1. The third-order valence-corrected chi connectivity index (χ3v) is 4.67. The zero-order valence-corrected chi connectivity index (χ0v) is 14.4. The summed E-state index contributed by atoms with van der Waals surface area (Å²) < 4.78 is 0. The van der Waals surface area contributed by atoms with Crippen LogP contribution in [0.1, 0.15) is 49.0 Å². The Morgan fingerprint density at radius 1 is 1.04 bits per heavy atom. The van der Waals surface area contributed by atoms with Crippen LogP contribution in [-0.4, -0.2) is 16.9 Å². The van der Waals surface area contributed by atoms with Crippen molar-refractivity contribution in [2.24, 2.45) is 0 Å². The molecule has 0 unspecified atom stereocenters. The minimum absolute atomic E-state index is 0.260. The number of aromatic nitrogens is 1. The van der Waals surface area contributed by atoms with E-state index in [1.54, 1.807) is 24.4 Å². The standard InChI is InChI=1S/C19H22ClN3O/c20-16-9-5-6-10-17(16)23-19(24)18-12-11-15(13-21-18)22-14-7-3-1-2-4-8-14/h5-6,9-14,22H,1-4,7-8H2,(H,23,24). The van der Waals surface area contributed by atoms with E-state index in [2.05, 4.69) is 15.6 Å². The Morgan fingerprint density at radius 3 is 2.46 bits per heavy atom. The van der Waals surface area contributed by atoms with Crippen molar-refractivity contribution >= 4 is 28.9 Å². The molecule has 2 N–H and O–H groups in total. The molecule has 4 nitrogen and oxygen atoms in total. The Kier molecular flexibility index (Phi) is 5.70. The summed E-state index contributed by atoms with van der Waals surface area (Å²) in [6.45, 7) is 0. The largest absolute Gasteiger partial charge is 0.381 e. The van der Waals surface area contributed by atoms with Gasteiger partial charge in [-0.3, -0.25) is 4.79 Å². The van der Waals surface area contributed by atoms with Crippen LogP contribution in [0.3, 0.4) is 0 Å². The van der Waals surface area contributed by atoms with E-state index in [1.807, 2.05) is 18.2 Å². The average Bonchev–Trinajstić information content (AvgIpc) is 2.86. The lowest BCUT2D eigenvalue weighted by atomic mass is 10.1. The van der Waals surface area contributed by atoms with Crippen molar-refractivity contribution in [3.8, 4) is 0 Å². The molecule has 1 aliphatic rings. The van der Waals surface area contributed by atoms with Crippen LogP contribution < -0.4 is 10.6 Å². The summed E-state index contributed by atoms with van der Waals surface area (Å²) in [5.74, 6) is -0.260. The second-order valence-electron chi connectivity index (χ2n) is 6.20. The van der Waals surface area contributed by atoms with Gasteiger partial charge in [0.2, 0.25) is 0 Å². The van der Waals surface area contributed by atoms with Gasteiger partial charge < -0.3 is 10.6 Å². The quantitative estimate of drug-likeness (QED) is 0.757. The Hall–Kier alpha value is -2.07. The van der Waals surface area contributed by atoms with Crippen molar-refractivity contribution in [2.75, 3.05) is 10.6 Å². The number of hydrogen-bond acceptors (Lipinski definition) is 3. The molecule has 24 heavy (non-hydrogen) atoms. The number of hydrogen-bond donors (Lipinski definition) is 2. The Balaban J connectivity index is 1.61. The van der Waals surface area contributed by atoms with Gasteiger partial charge in [-0.05, 0) is 37.1 Å². The van der Waals surface area contributed by atoms with Gasteiger partial charge in [-0.2, -0.15) is 0 Å². The molecule has 1 aromatic heterocycles. The van der Waals surface area contributed by atoms with E-state index < -0.39 is 0 Å². The monoisotopic (exact) mass is 343 g/mol. The number of halogens is 1. The molecule has 0 atom stereocenters. The number of para-hydroxylation sites is 1. The van der Waals surface area contributed by atoms with Crippen molar-refractivity contribution in [3.05, 3.63) is 53.3 Å². The van der Waals surface area contributed by atoms with Crippen LogP contribution in [0, 0.1) is 0 Å². The van der Waals surface area contributed by atoms with Crippen LogP contribution in [0.25, 0.3) is 0 Å². The third-order valence-electron chi connectivity index (χ3n) is 4.34. The highest BCUT2D eigenvalue weighted by atomic mass is 35.5. The molecule has 3 rings (SSSR count). The maximum Gasteiger partial charge on any atom is 0.274 e. The highest BCUT2D eigenvalue weighted by Gasteiger charge is 2.13. The molecule has 0 bridgehead atoms. The van der Waals surface area contributed by atoms with Crippen LogP contribution >= 0.6 is 11.6 Å². The van der Waals surface area contributed by atoms with Crippen molar-refractivity contribution in [3.63, 3.8) is 0 Å². The number of carbonyl (C=O) groups is 1. The highest BCUT2D eigenvalue weighted by molar-refractivity contribution is 6.33. The molecule has 1 saturated carbocycles. The minimum Gasteiger partial charge on any atom is -0.381 e. The first-order valence-electron chi connectivity index (χ1n) is 8.51. The maximum atomic E-state index is 12.3. The van der Waals surface area contributed by atoms with Gasteiger partial charge in [0.25, 0.3) is 5.91 Å². The van der Waals surface area contributed by atoms with Gasteiger partial charge in [0.15, 0.2) is 0 Å². The Morgan fingerprint density at radius 2 is 1.79 bits per heavy atom. The molecule has 0 saturated heterocycles. The lowest BCUT2D eigenvalue weighted by Crippen LogP contribution is -2.19. The lowest BCUT2D eigenvalue weighted by Gasteiger charge is -2.17. The predicted octanol–water partition coefficient (Wildman–Crippen LogP) is 5.12. The van der Waals surface area contributed by atoms with E-state index in [0.29, 0.717) is 22.4 Å². The van der Waals surface area contributed by atoms with Crippen molar-refractivity contribution in [1.82, 2.24) is 4.98 Å². The predicted molar refractivity (Wildman–Crippen MR) is 98.8 cm³/mol. The van der Waals surface area contributed by atoms with E-state index in [9.17, 15) is 4.79 Å². The first-order valence-corrected chi connectivity index (χ1v) is 8.88. The van der Waals surface area contributed by atoms with Gasteiger partial charge in [-0.1, -0.05) is 49.4 Å². The number of nitrogens with one attached hydrogen (secondary N) is 2. The molecular weight excluding hydrogens is 322 g/mol. The number of carbonyl (C=O) groups excluding carboxylic acids is 1. The molecule has 0 aliphatic heterocycles. The number of pyridine rings is 1. The normalized spacial score (nSPS) is 15.5. The molecule has 1 aliphatic carbocycles. The minimum atomic E-state index is -0.260. The molecule has 126 valence electrons. The van der Waals surface area contributed by atoms with E-state index in [4.69, 9.17) is 11.6 Å². The number of rotatable bonds is 4. The second kappa shape index (κ2) is 8.15. The molecule has 0 spiro atoms. The molecule has 1 fully saturated rings. The number of nitrogens with zero attached hydrogens (tertiary/aromatic N) is 1. The van der Waals surface area contributed by atoms with Gasteiger partial charge in [0.1, 0.15) is 5.69 Å². The fraction of sp³-hybridized carbons (Fsp3) is 0.368. The molecule has 2 aromatic rings. The zero-order valence-electron chi connectivity index (χ0n) is 13.6. The summed E-state index contributed by atoms with van der Waals surface area (Å²) in [5, 5.41) is 6.82. The molecular formula is C19H22ClN3O. The molecule has 1 amide bonds. The highest BCUT2D eigenvalue weighted by Crippen LogP contribution is 2.22. The molecule has 1 aromatic carbocycles. The number of amides is 1. The van der Waals surface area contributed by atoms with Crippen molar-refractivity contribution in [2.45, 2.75) is 44.6 Å². The topological polar surface area (TPSA) is 54.0 Å². The molecule has 5 heteroatoms. The van der Waals surface area contributed by atoms with Gasteiger partial charge >= 0.3 is 0 Å². The van der Waals surface area contributed by atoms with E-state index in [1.165, 1.54) is 38.5 Å². The lowest BCUT2D eigenvalue weighted by molar-refractivity contribution is 0.102. The summed E-state index contributed by atoms with van der Waals surface area (Å²) in [6, 6.07) is 11.3. The zero-order chi connectivity index (χ0) is 16.8. The fourth-order valence-corrected chi connectivity index (χ4v) is 3.20. The van der Waals surface area contributed by atoms with Crippen molar-refractivity contribution in [1.29, 1.82) is 0 Å². The average molecular weight is 344 g/mol. The van der Waals surface area contributed by atoms with Crippen LogP contribution in [-0.2, 0) is 0 Å². The van der Waals surface area contributed by atoms with Crippen LogP contribution in [0.2, 0.25) is 5.02 Å². The first kappa shape index (κ1) is 16.8. The summed E-state index contributed by atoms with van der Waals surface area (Å²) in [4.78, 5) is 16.5. The van der Waals surface area contributed by atoms with Crippen LogP contribution in [0.15, 0.2) is 42.6 Å². The van der Waals surface area contributed by atoms with Gasteiger partial charge in [-0.15, -0.1) is 0 Å². The fourth-order valence-electron chi connectivity index (χ4n) is 3.02. The third kappa shape index (κ3) is 4.48. The summed E-state index contributed by atoms with van der Waals surface area (Å²) in [5.41, 5.74) is 1.93. The Labute approximate surface area is 147 Å². The molecule has 1 heterocycles. The SMILES string of the molecule is O=C(Nc1ccccc1Cl)c1ccc(NC2CCCCCC2)cn1. The summed E-state index contributed by atoms with van der Waals surface area (Å²) in [7, 11) is 0. The second-order valence-corrected chi connectivity index (χ2v) is 6.61. The van der Waals surface area contributed by atoms with Crippen LogP contribution in [0.4, 0.5) is 11.4 Å². The van der Waals surface area contributed by atoms with Crippen molar-refractivity contribution < 1.29 is 4.79 Å². The van der Waals surface area contributed by atoms with Gasteiger partial charge in [0, 0.05) is 6.04 Å². The van der Waals surface area contributed by atoms with E-state index in [0.717, 1.165) is 5.69 Å². The van der Waals surface area contributed by atoms with E-state index >= 15 is 0 Å². The summed E-state index contributed by atoms with van der Waals surface area (Å²) >= 11 is 6.06. The van der Waals surface area contributed by atoms with Gasteiger partial charge in [-0.25, -0.2) is 4.98 Å².